The Bertz CT molecular complexity index is 1960. The molecule has 3 aromatic carbocycles. The van der Waals surface area contributed by atoms with Crippen LogP contribution in [0, 0.1) is 5.41 Å². The van der Waals surface area contributed by atoms with Gasteiger partial charge in [0.15, 0.2) is 5.71 Å². The summed E-state index contributed by atoms with van der Waals surface area (Å²) >= 11 is 6.88. The maximum Gasteiger partial charge on any atom is 0.433 e. The van der Waals surface area contributed by atoms with E-state index in [0.717, 1.165) is 12.4 Å². The molecule has 11 nitrogen and oxygen atoms in total. The van der Waals surface area contributed by atoms with E-state index in [0.29, 0.717) is 54.2 Å². The molecule has 1 amide bonds. The van der Waals surface area contributed by atoms with Gasteiger partial charge in [0, 0.05) is 77.0 Å². The van der Waals surface area contributed by atoms with Gasteiger partial charge in [-0.1, -0.05) is 18.2 Å². The molecule has 4 aromatic rings. The van der Waals surface area contributed by atoms with E-state index >= 15 is 0 Å². The van der Waals surface area contributed by atoms with Gasteiger partial charge in [0.25, 0.3) is 0 Å². The lowest BCUT2D eigenvalue weighted by molar-refractivity contribution is -0.126. The van der Waals surface area contributed by atoms with Crippen molar-refractivity contribution in [1.82, 2.24) is 14.9 Å². The summed E-state index contributed by atoms with van der Waals surface area (Å²) in [4.78, 5) is 28.5. The van der Waals surface area contributed by atoms with Gasteiger partial charge >= 0.3 is 6.18 Å². The summed E-state index contributed by atoms with van der Waals surface area (Å²) in [5.41, 5.74) is 11.9. The Kier molecular flexibility index (Phi) is 10.4. The van der Waals surface area contributed by atoms with Crippen molar-refractivity contribution in [3.8, 4) is 22.6 Å². The first-order valence-corrected chi connectivity index (χ1v) is 15.2. The summed E-state index contributed by atoms with van der Waals surface area (Å²) in [7, 11) is 1.44. The van der Waals surface area contributed by atoms with Crippen LogP contribution in [0.25, 0.3) is 22.0 Å². The van der Waals surface area contributed by atoms with E-state index in [9.17, 15) is 18.0 Å². The molecule has 254 valence electrons. The van der Waals surface area contributed by atoms with Crippen LogP contribution in [0.1, 0.15) is 5.56 Å². The van der Waals surface area contributed by atoms with Crippen LogP contribution in [-0.4, -0.2) is 78.8 Å². The highest BCUT2D eigenvalue weighted by atomic mass is 35.5. The molecule has 5 N–H and O–H groups in total. The van der Waals surface area contributed by atoms with Crippen LogP contribution < -0.4 is 25.8 Å². The molecule has 0 radical (unpaired) electrons. The number of rotatable bonds is 10. The van der Waals surface area contributed by atoms with Gasteiger partial charge in [-0.2, -0.15) is 13.2 Å². The van der Waals surface area contributed by atoms with E-state index in [4.69, 9.17) is 38.0 Å². The van der Waals surface area contributed by atoms with Gasteiger partial charge in [-0.3, -0.25) is 4.79 Å². The first kappa shape index (κ1) is 34.7. The number of hydrogen-bond acceptors (Lipinski definition) is 10. The maximum atomic E-state index is 14.3. The number of aliphatic imine (C=N–C) groups is 1. The number of nitrogens with two attached hydrogens (primary N) is 2. The fourth-order valence-electron chi connectivity index (χ4n) is 5.40. The van der Waals surface area contributed by atoms with Crippen molar-refractivity contribution in [2.24, 2.45) is 10.7 Å². The van der Waals surface area contributed by atoms with Crippen molar-refractivity contribution < 1.29 is 27.4 Å². The minimum Gasteiger partial charge on any atom is -0.497 e. The topological polar surface area (TPSA) is 156 Å². The monoisotopic (exact) mass is 692 g/mol. The van der Waals surface area contributed by atoms with Crippen LogP contribution in [-0.2, 0) is 4.79 Å². The second kappa shape index (κ2) is 14.6. The zero-order valence-corrected chi connectivity index (χ0v) is 27.1. The van der Waals surface area contributed by atoms with Crippen molar-refractivity contribution in [2.45, 2.75) is 6.18 Å². The van der Waals surface area contributed by atoms with Gasteiger partial charge in [0.05, 0.1) is 18.3 Å². The number of nitrogens with one attached hydrogen (secondary N) is 1. The molecule has 0 saturated carbocycles. The number of halogens is 4. The predicted molar refractivity (Wildman–Crippen MR) is 185 cm³/mol. The summed E-state index contributed by atoms with van der Waals surface area (Å²) in [5.74, 6) is 1.03. The Hall–Kier alpha value is -5.63. The van der Waals surface area contributed by atoms with Crippen molar-refractivity contribution >= 4 is 57.5 Å². The average Bonchev–Trinajstić information content (AvgIpc) is 3.10. The number of fused-ring (bicyclic) bond motifs is 1. The first-order chi connectivity index (χ1) is 23.5. The molecule has 1 aliphatic rings. The van der Waals surface area contributed by atoms with Crippen LogP contribution in [0.4, 0.5) is 30.4 Å². The molecule has 2 heterocycles. The Morgan fingerprint density at radius 3 is 2.45 bits per heavy atom. The Morgan fingerprint density at radius 2 is 1.84 bits per heavy atom. The highest BCUT2D eigenvalue weighted by Gasteiger charge is 2.38. The molecule has 15 heteroatoms. The van der Waals surface area contributed by atoms with Crippen LogP contribution in [0.3, 0.4) is 0 Å². The molecular formula is C34H32ClF3N8O3. The van der Waals surface area contributed by atoms with Crippen molar-refractivity contribution in [1.29, 1.82) is 5.41 Å². The molecule has 1 aliphatic heterocycles. The van der Waals surface area contributed by atoms with Gasteiger partial charge in [-0.05, 0) is 54.6 Å². The SMILES string of the molecule is C=CC(=O)N1CCN(c2ncnc3cc(-c4c(OCC(=CN)C(=Nc5ccc(OC)cc5)C(F)(F)F)ccc(N)c4C=N)c(Cl)cc23)CC1. The van der Waals surface area contributed by atoms with Crippen molar-refractivity contribution in [3.05, 3.63) is 89.9 Å². The molecule has 0 bridgehead atoms. The number of carbonyl (C=O) groups is 1. The number of nitrogen functional groups attached to an aromatic ring is 1. The van der Waals surface area contributed by atoms with Crippen LogP contribution in [0.15, 0.2) is 84.3 Å². The van der Waals surface area contributed by atoms with Gasteiger partial charge in [-0.25, -0.2) is 15.0 Å². The minimum atomic E-state index is -4.87. The number of piperazine rings is 1. The molecule has 5 rings (SSSR count). The van der Waals surface area contributed by atoms with E-state index in [1.54, 1.807) is 17.0 Å². The number of methoxy groups -OCH3 is 1. The Morgan fingerprint density at radius 1 is 1.12 bits per heavy atom. The lowest BCUT2D eigenvalue weighted by Gasteiger charge is -2.35. The standard InChI is InChI=1S/C34H32ClF3N8O3/c1-3-30(47)45-10-12-46(13-11-45)33-24-14-26(35)23(15-28(24)42-19-43-33)31-25(17-40)27(41)8-9-29(31)49-18-20(16-39)32(34(36,37)38)44-21-4-6-22(48-2)7-5-21/h3-9,14-17,19,40H,1,10-13,18,39,41H2,2H3. The second-order valence-corrected chi connectivity index (χ2v) is 11.2. The summed E-state index contributed by atoms with van der Waals surface area (Å²) < 4.78 is 53.8. The number of anilines is 2. The zero-order valence-electron chi connectivity index (χ0n) is 26.3. The summed E-state index contributed by atoms with van der Waals surface area (Å²) in [6, 6.07) is 12.1. The molecule has 49 heavy (non-hydrogen) atoms. The Labute approximate surface area is 284 Å². The number of amides is 1. The van der Waals surface area contributed by atoms with E-state index in [-0.39, 0.29) is 39.2 Å². The molecule has 0 aliphatic carbocycles. The maximum absolute atomic E-state index is 14.3. The van der Waals surface area contributed by atoms with Gasteiger partial charge in [0.1, 0.15) is 30.3 Å². The number of aromatic nitrogens is 2. The van der Waals surface area contributed by atoms with E-state index in [1.807, 2.05) is 4.90 Å². The van der Waals surface area contributed by atoms with Crippen molar-refractivity contribution in [3.63, 3.8) is 0 Å². The third-order valence-electron chi connectivity index (χ3n) is 7.89. The quantitative estimate of drug-likeness (QED) is 0.105. The predicted octanol–water partition coefficient (Wildman–Crippen LogP) is 5.93. The zero-order chi connectivity index (χ0) is 35.3. The fourth-order valence-corrected chi connectivity index (χ4v) is 5.66. The normalized spacial score (nSPS) is 14.1. The highest BCUT2D eigenvalue weighted by Crippen LogP contribution is 2.42. The smallest absolute Gasteiger partial charge is 0.433 e. The van der Waals surface area contributed by atoms with Gasteiger partial charge in [0.2, 0.25) is 5.91 Å². The largest absolute Gasteiger partial charge is 0.497 e. The number of nitrogens with zero attached hydrogens (tertiary/aromatic N) is 5. The van der Waals surface area contributed by atoms with Crippen LogP contribution in [0.2, 0.25) is 5.02 Å². The highest BCUT2D eigenvalue weighted by molar-refractivity contribution is 6.34. The molecule has 1 aromatic heterocycles. The molecule has 0 unspecified atom stereocenters. The third kappa shape index (κ3) is 7.44. The van der Waals surface area contributed by atoms with Crippen molar-refractivity contribution in [2.75, 3.05) is 50.5 Å². The number of carbonyl (C=O) groups excluding carboxylic acids is 1. The Balaban J connectivity index is 1.51. The summed E-state index contributed by atoms with van der Waals surface area (Å²) in [6.07, 6.45) is -0.375. The van der Waals surface area contributed by atoms with E-state index in [1.165, 1.54) is 55.9 Å². The van der Waals surface area contributed by atoms with Crippen LogP contribution >= 0.6 is 11.6 Å². The second-order valence-electron chi connectivity index (χ2n) is 10.8. The summed E-state index contributed by atoms with van der Waals surface area (Å²) in [5, 5.41) is 8.98. The van der Waals surface area contributed by atoms with E-state index in [2.05, 4.69) is 21.5 Å². The lowest BCUT2D eigenvalue weighted by Crippen LogP contribution is -2.48. The molecule has 1 fully saturated rings. The van der Waals surface area contributed by atoms with E-state index < -0.39 is 24.1 Å². The van der Waals surface area contributed by atoms with Crippen LogP contribution in [0.5, 0.6) is 11.5 Å². The lowest BCUT2D eigenvalue weighted by atomic mass is 9.96. The third-order valence-corrected chi connectivity index (χ3v) is 8.21. The number of alkyl halides is 3. The average molecular weight is 693 g/mol. The minimum absolute atomic E-state index is 0.0307. The number of hydrogen-bond donors (Lipinski definition) is 3. The first-order valence-electron chi connectivity index (χ1n) is 14.9. The summed E-state index contributed by atoms with van der Waals surface area (Å²) in [6.45, 7) is 4.93. The molecule has 0 atom stereocenters. The molecule has 1 saturated heterocycles. The molecule has 0 spiro atoms. The fraction of sp³-hybridized carbons (Fsp3) is 0.206. The van der Waals surface area contributed by atoms with Gasteiger partial charge in [-0.15, -0.1) is 0 Å². The van der Waals surface area contributed by atoms with Gasteiger partial charge < -0.3 is 36.2 Å². The molecular weight excluding hydrogens is 661 g/mol. The number of benzene rings is 3. The number of ether oxygens (including phenoxy) is 2.